The minimum absolute atomic E-state index is 0.0141. The number of aromatic nitrogens is 4. The van der Waals surface area contributed by atoms with Gasteiger partial charge in [-0.2, -0.15) is 27.6 Å². The van der Waals surface area contributed by atoms with Gasteiger partial charge in [-0.05, 0) is 80.1 Å². The fourth-order valence-corrected chi connectivity index (χ4v) is 8.92. The van der Waals surface area contributed by atoms with Crippen molar-refractivity contribution in [1.82, 2.24) is 34.3 Å². The maximum absolute atomic E-state index is 13.6. The van der Waals surface area contributed by atoms with Crippen LogP contribution in [0.5, 0.6) is 5.88 Å². The number of urea groups is 1. The molecule has 18 heteroatoms. The Morgan fingerprint density at radius 3 is 2.49 bits per heavy atom. The quantitative estimate of drug-likeness (QED) is 0.225. The van der Waals surface area contributed by atoms with Crippen LogP contribution in [0, 0.1) is 0 Å². The van der Waals surface area contributed by atoms with Gasteiger partial charge in [0, 0.05) is 57.3 Å². The normalized spacial score (nSPS) is 18.7. The summed E-state index contributed by atoms with van der Waals surface area (Å²) >= 11 is 0. The minimum Gasteiger partial charge on any atom is -0.480 e. The Morgan fingerprint density at radius 1 is 1.02 bits per heavy atom. The molecule has 3 amide bonds. The first-order valence-corrected chi connectivity index (χ1v) is 19.6. The predicted octanol–water partition coefficient (Wildman–Crippen LogP) is 5.00. The number of rotatable bonds is 10. The number of anilines is 2. The number of hydrogen-bond donors (Lipinski definition) is 2. The maximum atomic E-state index is 13.6. The fraction of sp³-hybridized carbons (Fsp3) is 0.432. The number of fused-ring (bicyclic) bond motifs is 1. The number of carbonyl (C=O) groups excluding carboxylic acids is 2. The number of nitrogens with zero attached hydrogens (tertiary/aromatic N) is 7. The molecule has 2 N–H and O–H groups in total. The summed E-state index contributed by atoms with van der Waals surface area (Å²) in [7, 11) is -0.807. The number of benzene rings is 2. The van der Waals surface area contributed by atoms with Gasteiger partial charge in [-0.1, -0.05) is 30.4 Å². The molecule has 3 fully saturated rings. The highest BCUT2D eigenvalue weighted by molar-refractivity contribution is 7.89. The van der Waals surface area contributed by atoms with E-state index in [9.17, 15) is 31.2 Å². The van der Waals surface area contributed by atoms with Crippen LogP contribution in [-0.2, 0) is 28.0 Å². The number of piperidine rings is 2. The molecular weight excluding hydrogens is 740 g/mol. The van der Waals surface area contributed by atoms with Crippen LogP contribution < -0.4 is 20.3 Å². The summed E-state index contributed by atoms with van der Waals surface area (Å²) in [6, 6.07) is 12.4. The summed E-state index contributed by atoms with van der Waals surface area (Å²) in [5.41, 5.74) is 1.86. The standard InChI is InChI=1S/C37H42F3N9O5S/c1-46-31-22-26(8-9-29(31)33(45-46)49-20-14-32(50)43-36(49)51)25-10-16-47(17-11-25)15-4-6-24-5-3-7-28(21-24)55(52,53)48-18-12-27(13-19-48)42-35-41-23-30(37(38,39)40)34(44-35)54-2/h3-9,21-23,25,27H,10-20H2,1-2H3,(H,41,42,44)(H,43,50,51)/b6-4+. The van der Waals surface area contributed by atoms with Crippen molar-refractivity contribution < 1.29 is 35.9 Å². The van der Waals surface area contributed by atoms with Crippen molar-refractivity contribution in [3.8, 4) is 5.88 Å². The average molecular weight is 782 g/mol. The lowest BCUT2D eigenvalue weighted by Crippen LogP contribution is -2.49. The molecule has 2 aromatic carbocycles. The van der Waals surface area contributed by atoms with Crippen molar-refractivity contribution in [2.45, 2.75) is 55.1 Å². The van der Waals surface area contributed by atoms with Gasteiger partial charge in [-0.15, -0.1) is 0 Å². The first kappa shape index (κ1) is 38.2. The molecule has 5 heterocycles. The zero-order valence-electron chi connectivity index (χ0n) is 30.4. The van der Waals surface area contributed by atoms with Gasteiger partial charge in [0.15, 0.2) is 5.82 Å². The molecule has 7 rings (SSSR count). The van der Waals surface area contributed by atoms with Crippen molar-refractivity contribution in [2.75, 3.05) is 56.6 Å². The number of aryl methyl sites for hydroxylation is 1. The lowest BCUT2D eigenvalue weighted by atomic mass is 9.89. The molecule has 0 radical (unpaired) electrons. The minimum atomic E-state index is -4.65. The van der Waals surface area contributed by atoms with E-state index in [-0.39, 0.29) is 42.3 Å². The zero-order valence-corrected chi connectivity index (χ0v) is 31.2. The highest BCUT2D eigenvalue weighted by Crippen LogP contribution is 2.36. The third-order valence-electron chi connectivity index (χ3n) is 10.4. The van der Waals surface area contributed by atoms with Crippen LogP contribution in [0.1, 0.15) is 54.7 Å². The van der Waals surface area contributed by atoms with E-state index in [0.717, 1.165) is 56.1 Å². The molecule has 2 aromatic heterocycles. The number of ether oxygens (including phenoxy) is 1. The Kier molecular flexibility index (Phi) is 10.8. The number of sulfonamides is 1. The highest BCUT2D eigenvalue weighted by Gasteiger charge is 2.37. The largest absolute Gasteiger partial charge is 0.480 e. The van der Waals surface area contributed by atoms with Crippen LogP contribution in [0.4, 0.5) is 29.7 Å². The number of methoxy groups -OCH3 is 1. The first-order valence-electron chi connectivity index (χ1n) is 18.1. The van der Waals surface area contributed by atoms with E-state index >= 15 is 0 Å². The predicted molar refractivity (Wildman–Crippen MR) is 199 cm³/mol. The summed E-state index contributed by atoms with van der Waals surface area (Å²) in [6.07, 6.45) is 3.04. The van der Waals surface area contributed by atoms with Gasteiger partial charge in [0.2, 0.25) is 27.8 Å². The molecule has 14 nitrogen and oxygen atoms in total. The number of imide groups is 1. The van der Waals surface area contributed by atoms with Crippen molar-refractivity contribution in [2.24, 2.45) is 7.05 Å². The second-order valence-corrected chi connectivity index (χ2v) is 15.9. The van der Waals surface area contributed by atoms with Gasteiger partial charge in [-0.25, -0.2) is 18.2 Å². The second kappa shape index (κ2) is 15.6. The topological polar surface area (TPSA) is 155 Å². The summed E-state index contributed by atoms with van der Waals surface area (Å²) < 4.78 is 74.7. The van der Waals surface area contributed by atoms with E-state index in [1.807, 2.05) is 25.3 Å². The molecule has 0 bridgehead atoms. The van der Waals surface area contributed by atoms with Crippen LogP contribution in [0.25, 0.3) is 17.0 Å². The molecule has 55 heavy (non-hydrogen) atoms. The van der Waals surface area contributed by atoms with Crippen LogP contribution in [0.2, 0.25) is 0 Å². The fourth-order valence-electron chi connectivity index (χ4n) is 7.40. The second-order valence-electron chi connectivity index (χ2n) is 14.0. The van der Waals surface area contributed by atoms with Gasteiger partial charge >= 0.3 is 12.2 Å². The van der Waals surface area contributed by atoms with Crippen molar-refractivity contribution >= 4 is 50.7 Å². The summed E-state index contributed by atoms with van der Waals surface area (Å²) in [6.45, 7) is 3.29. The van der Waals surface area contributed by atoms with Crippen LogP contribution >= 0.6 is 0 Å². The van der Waals surface area contributed by atoms with E-state index in [0.29, 0.717) is 37.3 Å². The summed E-state index contributed by atoms with van der Waals surface area (Å²) in [5.74, 6) is 0.0481. The third-order valence-corrected chi connectivity index (χ3v) is 12.3. The third kappa shape index (κ3) is 8.30. The maximum Gasteiger partial charge on any atom is 0.423 e. The molecule has 0 unspecified atom stereocenters. The van der Waals surface area contributed by atoms with E-state index in [1.54, 1.807) is 22.9 Å². The first-order chi connectivity index (χ1) is 26.3. The molecule has 292 valence electrons. The summed E-state index contributed by atoms with van der Waals surface area (Å²) in [5, 5.41) is 10.8. The molecule has 0 saturated carbocycles. The van der Waals surface area contributed by atoms with Crippen molar-refractivity contribution in [1.29, 1.82) is 0 Å². The van der Waals surface area contributed by atoms with Gasteiger partial charge in [-0.3, -0.25) is 24.6 Å². The molecule has 3 aliphatic heterocycles. The van der Waals surface area contributed by atoms with E-state index < -0.39 is 33.7 Å². The molecule has 4 aromatic rings. The van der Waals surface area contributed by atoms with Crippen molar-refractivity contribution in [3.05, 3.63) is 71.4 Å². The molecule has 0 spiro atoms. The number of nitrogens with one attached hydrogen (secondary N) is 2. The lowest BCUT2D eigenvalue weighted by molar-refractivity contribution is -0.139. The molecule has 0 aliphatic carbocycles. The van der Waals surface area contributed by atoms with Gasteiger partial charge in [0.25, 0.3) is 0 Å². The lowest BCUT2D eigenvalue weighted by Gasteiger charge is -2.31. The molecule has 0 atom stereocenters. The number of likely N-dealkylation sites (tertiary alicyclic amines) is 1. The van der Waals surface area contributed by atoms with Crippen molar-refractivity contribution in [3.63, 3.8) is 0 Å². The Morgan fingerprint density at radius 2 is 1.78 bits per heavy atom. The molecular formula is C37H42F3N9O5S. The Bertz CT molecular complexity index is 2210. The van der Waals surface area contributed by atoms with Gasteiger partial charge < -0.3 is 10.1 Å². The van der Waals surface area contributed by atoms with E-state index in [4.69, 9.17) is 4.74 Å². The van der Waals surface area contributed by atoms with Crippen LogP contribution in [-0.4, -0.2) is 102 Å². The molecule has 3 saturated heterocycles. The monoisotopic (exact) mass is 781 g/mol. The number of alkyl halides is 3. The average Bonchev–Trinajstić information content (AvgIpc) is 3.49. The van der Waals surface area contributed by atoms with Gasteiger partial charge in [0.1, 0.15) is 5.56 Å². The van der Waals surface area contributed by atoms with E-state index in [2.05, 4.69) is 48.8 Å². The number of halogens is 3. The summed E-state index contributed by atoms with van der Waals surface area (Å²) in [4.78, 5) is 35.8. The Hall–Kier alpha value is -5.07. The van der Waals surface area contributed by atoms with Crippen LogP contribution in [0.3, 0.4) is 0 Å². The smallest absolute Gasteiger partial charge is 0.423 e. The number of hydrogen-bond acceptors (Lipinski definition) is 10. The van der Waals surface area contributed by atoms with E-state index in [1.165, 1.54) is 14.8 Å². The van der Waals surface area contributed by atoms with Gasteiger partial charge in [0.05, 0.1) is 17.5 Å². The Balaban J connectivity index is 0.903. The molecule has 3 aliphatic rings. The highest BCUT2D eigenvalue weighted by atomic mass is 32.2. The number of carbonyl (C=O) groups is 2. The SMILES string of the molecule is COc1nc(NC2CCN(S(=O)(=O)c3cccc(/C=C/CN4CCC(c5ccc6c(N7CCC(=O)NC7=O)nn(C)c6c5)CC4)c3)CC2)ncc1C(F)(F)F. The van der Waals surface area contributed by atoms with Crippen LogP contribution in [0.15, 0.2) is 59.6 Å². The Labute approximate surface area is 316 Å². The zero-order chi connectivity index (χ0) is 38.9. The number of amides is 3.